The highest BCUT2D eigenvalue weighted by Crippen LogP contribution is 2.35. The van der Waals surface area contributed by atoms with Crippen LogP contribution in [0, 0.1) is 0 Å². The Morgan fingerprint density at radius 2 is 0.802 bits per heavy atom. The minimum atomic E-state index is -1.06. The monoisotopic (exact) mass is 1490 g/mol. The van der Waals surface area contributed by atoms with Crippen molar-refractivity contribution in [3.8, 4) is 39.9 Å². The Kier molecular flexibility index (Phi) is 34.9. The van der Waals surface area contributed by atoms with Gasteiger partial charge in [0.1, 0.15) is 34.3 Å². The van der Waals surface area contributed by atoms with Gasteiger partial charge >= 0.3 is 35.8 Å². The van der Waals surface area contributed by atoms with E-state index in [0.717, 1.165) is 87.3 Å². The van der Waals surface area contributed by atoms with Gasteiger partial charge in [-0.15, -0.1) is 0 Å². The number of carboxylic acid groups (broad SMARTS) is 4. The van der Waals surface area contributed by atoms with E-state index in [-0.39, 0.29) is 56.1 Å². The largest absolute Gasteiger partial charge is 0.479 e. The number of Topliss-reactive ketones (excluding diaryl/α,β-unsaturated/α-hetero) is 2. The topological polar surface area (TPSA) is 273 Å². The maximum atomic E-state index is 12.5. The first-order valence-corrected chi connectivity index (χ1v) is 37.5. The first-order valence-electron chi connectivity index (χ1n) is 36.7. The Morgan fingerprint density at radius 1 is 0.406 bits per heavy atom. The summed E-state index contributed by atoms with van der Waals surface area (Å²) < 4.78 is 33.2. The number of carboxylic acids is 4. The van der Waals surface area contributed by atoms with Crippen LogP contribution in [0.25, 0.3) is 11.1 Å². The second-order valence-corrected chi connectivity index (χ2v) is 27.4. The molecule has 0 saturated heterocycles. The van der Waals surface area contributed by atoms with E-state index in [9.17, 15) is 58.8 Å². The second-order valence-electron chi connectivity index (χ2n) is 26.6. The molecule has 0 fully saturated rings. The highest BCUT2D eigenvalue weighted by molar-refractivity contribution is 6.42. The Bertz CT molecular complexity index is 4050. The molecule has 18 nitrogen and oxygen atoms in total. The first kappa shape index (κ1) is 83.5. The Labute approximate surface area is 631 Å². The van der Waals surface area contributed by atoms with Crippen LogP contribution in [-0.2, 0) is 28.7 Å². The average molecular weight is 1490 g/mol. The number of hydrogen-bond acceptors (Lipinski definition) is 14. The lowest BCUT2D eigenvalue weighted by Crippen LogP contribution is -2.28. The highest BCUT2D eigenvalue weighted by Gasteiger charge is 2.28. The minimum Gasteiger partial charge on any atom is -0.479 e. The molecule has 0 amide bonds. The van der Waals surface area contributed by atoms with Crippen molar-refractivity contribution in [1.82, 2.24) is 0 Å². The number of ether oxygens (including phenoxy) is 6. The number of hydrogen-bond donors (Lipinski definition) is 4. The van der Waals surface area contributed by atoms with Gasteiger partial charge in [0.05, 0.1) is 33.7 Å². The highest BCUT2D eigenvalue weighted by atomic mass is 35.5. The molecule has 0 bridgehead atoms. The van der Waals surface area contributed by atoms with Crippen LogP contribution in [0.4, 0.5) is 0 Å². The summed E-state index contributed by atoms with van der Waals surface area (Å²) >= 11 is 11.9. The Morgan fingerprint density at radius 3 is 1.23 bits per heavy atom. The molecule has 4 aliphatic rings. The molecule has 6 aromatic rings. The summed E-state index contributed by atoms with van der Waals surface area (Å²) in [5.41, 5.74) is 8.77. The number of benzene rings is 6. The molecule has 0 saturated carbocycles. The predicted octanol–water partition coefficient (Wildman–Crippen LogP) is 20.5. The van der Waals surface area contributed by atoms with Crippen molar-refractivity contribution in [2.24, 2.45) is 0 Å². The third-order valence-electron chi connectivity index (χ3n) is 18.6. The van der Waals surface area contributed by atoms with E-state index in [1.165, 1.54) is 86.8 Å². The predicted molar refractivity (Wildman–Crippen MR) is 409 cm³/mol. The van der Waals surface area contributed by atoms with E-state index >= 15 is 0 Å². The fraction of sp³-hybridized carbons (Fsp3) is 0.395. The number of aliphatic carboxylic acids is 4. The van der Waals surface area contributed by atoms with Crippen LogP contribution in [0.1, 0.15) is 224 Å². The molecule has 4 N–H and O–H groups in total. The number of allylic oxidation sites excluding steroid dienone is 8. The minimum absolute atomic E-state index is 0.146. The van der Waals surface area contributed by atoms with Gasteiger partial charge in [0.15, 0.2) is 36.0 Å². The molecule has 5 unspecified atom stereocenters. The van der Waals surface area contributed by atoms with Gasteiger partial charge in [-0.25, -0.2) is 24.0 Å². The second kappa shape index (κ2) is 44.2. The smallest absolute Gasteiger partial charge is 0.347 e. The first-order chi connectivity index (χ1) is 51.1. The summed E-state index contributed by atoms with van der Waals surface area (Å²) in [6.07, 6.45) is 27.2. The van der Waals surface area contributed by atoms with Gasteiger partial charge in [0, 0.05) is 6.07 Å². The molecule has 0 aromatic heterocycles. The van der Waals surface area contributed by atoms with Crippen molar-refractivity contribution < 1.29 is 87.2 Å². The number of carbonyl (C=O) groups is 8. The number of halogens is 2. The van der Waals surface area contributed by atoms with Crippen LogP contribution < -0.4 is 23.7 Å². The van der Waals surface area contributed by atoms with Crippen molar-refractivity contribution >= 4 is 70.6 Å². The summed E-state index contributed by atoms with van der Waals surface area (Å²) in [4.78, 5) is 94.7. The van der Waals surface area contributed by atoms with Crippen LogP contribution in [0.15, 0.2) is 186 Å². The van der Waals surface area contributed by atoms with Crippen molar-refractivity contribution in [3.63, 3.8) is 0 Å². The summed E-state index contributed by atoms with van der Waals surface area (Å²) in [7, 11) is 0. The molecule has 4 aliphatic carbocycles. The number of rotatable bonds is 32. The van der Waals surface area contributed by atoms with E-state index in [4.69, 9.17) is 51.6 Å². The van der Waals surface area contributed by atoms with Gasteiger partial charge in [-0.3, -0.25) is 14.4 Å². The van der Waals surface area contributed by atoms with Gasteiger partial charge in [0.25, 0.3) is 0 Å². The SMILES string of the molecule is CC(=O)c1cc(-c2ccccc2)ccc1OC(CCC1=CCCCC1)C(=O)O.CC(=O)c1cc(Cl)c(Cl)cc1OC(CCC1=CCCCC1)C(=O)O.CCOC(=O)C(C)c1ccc(OC(CCC2=CCCCC2)C(=O)O)cc1.O=C(Oc1ccccc1)c1ccccc1OC(CCC1=CCCCC1)C(=O)O. The van der Waals surface area contributed by atoms with Crippen LogP contribution >= 0.6 is 23.2 Å². The molecule has 5 atom stereocenters. The van der Waals surface area contributed by atoms with Crippen LogP contribution in [0.5, 0.6) is 28.7 Å². The van der Waals surface area contributed by atoms with E-state index in [1.807, 2.05) is 42.5 Å². The van der Waals surface area contributed by atoms with Crippen LogP contribution in [0.3, 0.4) is 0 Å². The normalized spacial score (nSPS) is 15.3. The summed E-state index contributed by atoms with van der Waals surface area (Å²) in [6.45, 7) is 6.75. The molecular weight excluding hydrogens is 1390 g/mol. The maximum Gasteiger partial charge on any atom is 0.347 e. The lowest BCUT2D eigenvalue weighted by atomic mass is 9.95. The van der Waals surface area contributed by atoms with Crippen LogP contribution in [-0.4, -0.2) is 98.8 Å². The molecule has 0 aliphatic heterocycles. The van der Waals surface area contributed by atoms with Crippen molar-refractivity contribution in [1.29, 1.82) is 0 Å². The lowest BCUT2D eigenvalue weighted by Gasteiger charge is -2.19. The van der Waals surface area contributed by atoms with Crippen molar-refractivity contribution in [3.05, 3.63) is 218 Å². The third-order valence-corrected chi connectivity index (χ3v) is 19.3. The van der Waals surface area contributed by atoms with Crippen molar-refractivity contribution in [2.45, 2.75) is 212 Å². The molecular formula is C86H98Cl2O18. The molecule has 6 aromatic carbocycles. The fourth-order valence-corrected chi connectivity index (χ4v) is 12.9. The molecule has 0 radical (unpaired) electrons. The van der Waals surface area contributed by atoms with Gasteiger partial charge in [-0.1, -0.05) is 149 Å². The maximum absolute atomic E-state index is 12.5. The molecule has 10 rings (SSSR count). The van der Waals surface area contributed by atoms with Gasteiger partial charge in [0.2, 0.25) is 0 Å². The van der Waals surface area contributed by atoms with Gasteiger partial charge in [-0.2, -0.15) is 0 Å². The van der Waals surface area contributed by atoms with E-state index in [1.54, 1.807) is 98.8 Å². The summed E-state index contributed by atoms with van der Waals surface area (Å²) in [5, 5.41) is 38.5. The summed E-state index contributed by atoms with van der Waals surface area (Å²) in [6, 6.07) is 40.2. The van der Waals surface area contributed by atoms with Gasteiger partial charge in [-0.05, 0) is 253 Å². The lowest BCUT2D eigenvalue weighted by molar-refractivity contribution is -0.146. The number of carbonyl (C=O) groups excluding carboxylic acids is 4. The quantitative estimate of drug-likeness (QED) is 0.0132. The molecule has 0 heterocycles. The molecule has 0 spiro atoms. The van der Waals surface area contributed by atoms with E-state index in [0.29, 0.717) is 74.4 Å². The molecule has 20 heteroatoms. The molecule has 106 heavy (non-hydrogen) atoms. The fourth-order valence-electron chi connectivity index (χ4n) is 12.6. The number of ketones is 2. The standard InChI is InChI=1S/C24H26O4.C23H24O5.C21H28O5.C18H20Cl2O4/c1-17(25)21-16-20(19-10-6-3-7-11-19)13-15-22(21)28-23(24(26)27)14-12-18-8-4-2-5-9-18;24-22(25)21(16-15-17-9-3-1-4-10-17)28-20-14-8-7-13-19(20)23(26)27-18-11-5-2-6-12-18;1-3-25-21(24)15(2)17-10-12-18(13-11-17)26-19(20(22)23)14-9-16-7-5-4-6-8-16;1-11(21)13-9-14(19)15(20)10-17(13)24-16(18(22)23)8-7-12-5-3-2-4-6-12/h3,6-8,10-11,13,15-16,23H,2,4-5,9,12,14H2,1H3,(H,26,27);2,5-9,11-14,21H,1,3-4,10,15-16H2,(H,24,25);7,10-13,15,19H,3-6,8-9,14H2,1-2H3,(H,22,23);5,9-10,16H,2-4,6-8H2,1H3,(H,22,23). The number of para-hydroxylation sites is 2. The van der Waals surface area contributed by atoms with Crippen molar-refractivity contribution in [2.75, 3.05) is 6.61 Å². The third kappa shape index (κ3) is 27.9. The molecule has 564 valence electrons. The average Bonchev–Trinajstić information content (AvgIpc) is 0.829. The van der Waals surface area contributed by atoms with E-state index < -0.39 is 54.3 Å². The zero-order valence-electron chi connectivity index (χ0n) is 60.9. The summed E-state index contributed by atoms with van der Waals surface area (Å²) in [5.74, 6) is -4.07. The zero-order chi connectivity index (χ0) is 76.3. The number of esters is 2. The Balaban J connectivity index is 0.000000198. The van der Waals surface area contributed by atoms with Gasteiger partial charge < -0.3 is 48.8 Å². The Hall–Kier alpha value is -9.78. The van der Waals surface area contributed by atoms with Crippen LogP contribution in [0.2, 0.25) is 10.0 Å². The zero-order valence-corrected chi connectivity index (χ0v) is 62.4. The van der Waals surface area contributed by atoms with E-state index in [2.05, 4.69) is 24.3 Å².